The summed E-state index contributed by atoms with van der Waals surface area (Å²) in [7, 11) is 0. The molecule has 0 unspecified atom stereocenters. The monoisotopic (exact) mass is 314 g/mol. The molecule has 2 nitrogen and oxygen atoms in total. The molecule has 0 aliphatic heterocycles. The number of hydrogen-bond donors (Lipinski definition) is 0. The molecule has 112 valence electrons. The molecular weight excluding hydrogens is 292 g/mol. The van der Waals surface area contributed by atoms with Gasteiger partial charge in [-0.05, 0) is 54.9 Å². The van der Waals surface area contributed by atoms with Crippen LogP contribution in [0, 0.1) is 17.8 Å². The van der Waals surface area contributed by atoms with Crippen LogP contribution >= 0.6 is 11.6 Å². The summed E-state index contributed by atoms with van der Waals surface area (Å²) in [5, 5.41) is 0.650. The summed E-state index contributed by atoms with van der Waals surface area (Å²) in [6, 6.07) is 7.05. The number of hydrogen-bond acceptors (Lipinski definition) is 2. The summed E-state index contributed by atoms with van der Waals surface area (Å²) in [6.07, 6.45) is 3.51. The van der Waals surface area contributed by atoms with E-state index in [4.69, 9.17) is 15.8 Å². The van der Waals surface area contributed by atoms with E-state index < -0.39 is 11.1 Å². The Labute approximate surface area is 129 Å². The van der Waals surface area contributed by atoms with E-state index in [1.54, 1.807) is 24.3 Å². The Morgan fingerprint density at radius 3 is 2.50 bits per heavy atom. The van der Waals surface area contributed by atoms with Crippen LogP contribution in [0.15, 0.2) is 29.2 Å². The Morgan fingerprint density at radius 2 is 1.90 bits per heavy atom. The van der Waals surface area contributed by atoms with Gasteiger partial charge in [-0.1, -0.05) is 38.8 Å². The second-order valence-electron chi connectivity index (χ2n) is 6.15. The maximum Gasteiger partial charge on any atom is 0.189 e. The Morgan fingerprint density at radius 1 is 1.25 bits per heavy atom. The molecule has 0 amide bonds. The molecule has 0 radical (unpaired) electrons. The van der Waals surface area contributed by atoms with Crippen LogP contribution in [0.5, 0.6) is 0 Å². The number of halogens is 1. The fourth-order valence-corrected chi connectivity index (χ4v) is 3.98. The lowest BCUT2D eigenvalue weighted by atomic mass is 9.75. The average molecular weight is 315 g/mol. The van der Waals surface area contributed by atoms with Crippen LogP contribution in [0.25, 0.3) is 0 Å². The number of rotatable bonds is 4. The van der Waals surface area contributed by atoms with Crippen molar-refractivity contribution in [2.24, 2.45) is 17.8 Å². The van der Waals surface area contributed by atoms with Gasteiger partial charge in [-0.15, -0.1) is 0 Å². The van der Waals surface area contributed by atoms with E-state index in [2.05, 4.69) is 20.8 Å². The van der Waals surface area contributed by atoms with Gasteiger partial charge < -0.3 is 0 Å². The quantitative estimate of drug-likeness (QED) is 0.795. The molecule has 0 spiro atoms. The van der Waals surface area contributed by atoms with Crippen LogP contribution in [-0.4, -0.2) is 10.3 Å². The summed E-state index contributed by atoms with van der Waals surface area (Å²) in [5.74, 6) is 1.72. The first kappa shape index (κ1) is 16.0. The highest BCUT2D eigenvalue weighted by atomic mass is 35.5. The lowest BCUT2D eigenvalue weighted by Crippen LogP contribution is -2.34. The molecule has 0 bridgehead atoms. The fourth-order valence-electron chi connectivity index (χ4n) is 2.94. The minimum atomic E-state index is -1.40. The Hall–Kier alpha value is -0.380. The smallest absolute Gasteiger partial charge is 0.189 e. The zero-order valence-electron chi connectivity index (χ0n) is 12.3. The first-order valence-corrected chi connectivity index (χ1v) is 8.77. The van der Waals surface area contributed by atoms with E-state index in [0.717, 1.165) is 6.42 Å². The molecule has 1 saturated carbocycles. The molecule has 1 fully saturated rings. The van der Waals surface area contributed by atoms with Gasteiger partial charge in [0.25, 0.3) is 0 Å². The van der Waals surface area contributed by atoms with E-state index in [9.17, 15) is 4.21 Å². The second-order valence-corrected chi connectivity index (χ2v) is 7.72. The SMILES string of the molecule is CC(C)[C@@H]1CC[C@@H](C)C[C@H]1O[S@](=O)c1ccc(Cl)cc1. The molecule has 0 heterocycles. The van der Waals surface area contributed by atoms with Gasteiger partial charge >= 0.3 is 0 Å². The van der Waals surface area contributed by atoms with Crippen molar-refractivity contribution in [3.05, 3.63) is 29.3 Å². The predicted octanol–water partition coefficient (Wildman–Crippen LogP) is 4.84. The molecule has 0 N–H and O–H groups in total. The number of benzene rings is 1. The van der Waals surface area contributed by atoms with Crippen molar-refractivity contribution in [1.82, 2.24) is 0 Å². The van der Waals surface area contributed by atoms with Gasteiger partial charge in [0, 0.05) is 5.02 Å². The van der Waals surface area contributed by atoms with Gasteiger partial charge in [0.1, 0.15) is 0 Å². The Balaban J connectivity index is 2.05. The first-order chi connectivity index (χ1) is 9.47. The van der Waals surface area contributed by atoms with E-state index in [-0.39, 0.29) is 6.10 Å². The summed E-state index contributed by atoms with van der Waals surface area (Å²) >= 11 is 4.45. The molecule has 2 rings (SSSR count). The highest BCUT2D eigenvalue weighted by Crippen LogP contribution is 2.36. The van der Waals surface area contributed by atoms with Crippen molar-refractivity contribution < 1.29 is 8.39 Å². The molecule has 1 aliphatic rings. The summed E-state index contributed by atoms with van der Waals surface area (Å²) in [6.45, 7) is 6.70. The van der Waals surface area contributed by atoms with Gasteiger partial charge in [0.2, 0.25) is 0 Å². The van der Waals surface area contributed by atoms with Gasteiger partial charge in [-0.2, -0.15) is 0 Å². The molecule has 4 heteroatoms. The van der Waals surface area contributed by atoms with Gasteiger partial charge in [0.15, 0.2) is 11.1 Å². The third-order valence-corrected chi connectivity index (χ3v) is 5.51. The summed E-state index contributed by atoms with van der Waals surface area (Å²) in [5.41, 5.74) is 0. The highest BCUT2D eigenvalue weighted by molar-refractivity contribution is 7.80. The van der Waals surface area contributed by atoms with E-state index in [0.29, 0.717) is 27.7 Å². The van der Waals surface area contributed by atoms with E-state index in [1.807, 2.05) is 0 Å². The van der Waals surface area contributed by atoms with Crippen molar-refractivity contribution in [3.63, 3.8) is 0 Å². The van der Waals surface area contributed by atoms with Crippen molar-refractivity contribution in [1.29, 1.82) is 0 Å². The van der Waals surface area contributed by atoms with Crippen molar-refractivity contribution >= 4 is 22.7 Å². The molecule has 1 aromatic carbocycles. The Kier molecular flexibility index (Phi) is 5.65. The second kappa shape index (κ2) is 7.06. The molecule has 1 aromatic rings. The molecule has 4 atom stereocenters. The maximum absolute atomic E-state index is 12.3. The standard InChI is InChI=1S/C16H23ClO2S/c1-11(2)15-9-4-12(3)10-16(15)19-20(18)14-7-5-13(17)6-8-14/h5-8,11-12,15-16H,4,9-10H2,1-3H3/t12-,15+,16-,20+/m1/s1. The zero-order chi connectivity index (χ0) is 14.7. The van der Waals surface area contributed by atoms with Crippen LogP contribution < -0.4 is 0 Å². The maximum atomic E-state index is 12.3. The lowest BCUT2D eigenvalue weighted by Gasteiger charge is -2.36. The molecular formula is C16H23ClO2S. The van der Waals surface area contributed by atoms with Crippen LogP contribution in [0.4, 0.5) is 0 Å². The van der Waals surface area contributed by atoms with Crippen LogP contribution in [0.2, 0.25) is 5.02 Å². The van der Waals surface area contributed by atoms with Crippen LogP contribution in [0.1, 0.15) is 40.0 Å². The molecule has 0 saturated heterocycles. The summed E-state index contributed by atoms with van der Waals surface area (Å²) in [4.78, 5) is 0.690. The predicted molar refractivity (Wildman–Crippen MR) is 84.1 cm³/mol. The third kappa shape index (κ3) is 4.06. The molecule has 0 aromatic heterocycles. The normalized spacial score (nSPS) is 28.6. The van der Waals surface area contributed by atoms with Crippen molar-refractivity contribution in [2.45, 2.75) is 51.0 Å². The van der Waals surface area contributed by atoms with Gasteiger partial charge in [0.05, 0.1) is 11.0 Å². The third-order valence-electron chi connectivity index (χ3n) is 4.18. The fraction of sp³-hybridized carbons (Fsp3) is 0.625. The van der Waals surface area contributed by atoms with E-state index >= 15 is 0 Å². The first-order valence-electron chi connectivity index (χ1n) is 7.32. The molecule has 20 heavy (non-hydrogen) atoms. The van der Waals surface area contributed by atoms with Crippen LogP contribution in [-0.2, 0) is 15.3 Å². The van der Waals surface area contributed by atoms with Crippen LogP contribution in [0.3, 0.4) is 0 Å². The van der Waals surface area contributed by atoms with Gasteiger partial charge in [-0.25, -0.2) is 4.21 Å². The van der Waals surface area contributed by atoms with Crippen molar-refractivity contribution in [3.8, 4) is 0 Å². The largest absolute Gasteiger partial charge is 0.283 e. The van der Waals surface area contributed by atoms with E-state index in [1.165, 1.54) is 12.8 Å². The highest BCUT2D eigenvalue weighted by Gasteiger charge is 2.33. The minimum absolute atomic E-state index is 0.0928. The molecule has 1 aliphatic carbocycles. The lowest BCUT2D eigenvalue weighted by molar-refractivity contribution is 0.0567. The van der Waals surface area contributed by atoms with Crippen molar-refractivity contribution in [2.75, 3.05) is 0 Å². The Bertz CT molecular complexity index is 458. The zero-order valence-corrected chi connectivity index (χ0v) is 13.9. The topological polar surface area (TPSA) is 26.3 Å². The minimum Gasteiger partial charge on any atom is -0.283 e. The van der Waals surface area contributed by atoms with Gasteiger partial charge in [-0.3, -0.25) is 4.18 Å². The average Bonchev–Trinajstić information content (AvgIpc) is 2.39. The summed E-state index contributed by atoms with van der Waals surface area (Å²) < 4.78 is 18.2.